The average Bonchev–Trinajstić information content (AvgIpc) is 3.21. The van der Waals surface area contributed by atoms with Gasteiger partial charge in [-0.3, -0.25) is 5.10 Å². The summed E-state index contributed by atoms with van der Waals surface area (Å²) in [5.74, 6) is 0.912. The number of H-pyrrole nitrogens is 2. The highest BCUT2D eigenvalue weighted by Crippen LogP contribution is 2.46. The van der Waals surface area contributed by atoms with Crippen molar-refractivity contribution in [1.29, 1.82) is 0 Å². The van der Waals surface area contributed by atoms with E-state index in [9.17, 15) is 4.79 Å². The second-order valence-electron chi connectivity index (χ2n) is 6.38. The third-order valence-corrected chi connectivity index (χ3v) is 5.14. The van der Waals surface area contributed by atoms with E-state index < -0.39 is 5.97 Å². The lowest BCUT2D eigenvalue weighted by atomic mass is 9.84. The van der Waals surface area contributed by atoms with E-state index in [1.165, 1.54) is 29.6 Å². The molecule has 1 aromatic carbocycles. The number of benzene rings is 1. The standard InChI is InChI=1S/C17H16N4O2/c22-17(23)14-8-13(19-20-14)10-1-2-12-11(7-10)15-9-3-5-21(6-4-9)16(15)18-12/h1-2,7-9,18H,3-6H2,(H,19,20)(H,22,23). The van der Waals surface area contributed by atoms with Gasteiger partial charge < -0.3 is 15.0 Å². The summed E-state index contributed by atoms with van der Waals surface area (Å²) in [6.45, 7) is 2.28. The molecular formula is C17H16N4O2. The Labute approximate surface area is 132 Å². The van der Waals surface area contributed by atoms with Crippen molar-refractivity contribution in [2.24, 2.45) is 0 Å². The van der Waals surface area contributed by atoms with Gasteiger partial charge in [-0.15, -0.1) is 0 Å². The lowest BCUT2D eigenvalue weighted by molar-refractivity contribution is 0.0690. The summed E-state index contributed by atoms with van der Waals surface area (Å²) in [7, 11) is 0. The normalized spacial score (nSPS) is 17.0. The highest BCUT2D eigenvalue weighted by molar-refractivity contribution is 5.94. The number of carboxylic acid groups (broad SMARTS) is 1. The first-order chi connectivity index (χ1) is 11.2. The summed E-state index contributed by atoms with van der Waals surface area (Å²) in [6, 6.07) is 7.77. The topological polar surface area (TPSA) is 85.0 Å². The first-order valence-corrected chi connectivity index (χ1v) is 7.90. The third kappa shape index (κ3) is 1.75. The number of fused-ring (bicyclic) bond motifs is 3. The summed E-state index contributed by atoms with van der Waals surface area (Å²) >= 11 is 0. The maximum absolute atomic E-state index is 11.0. The quantitative estimate of drug-likeness (QED) is 0.679. The van der Waals surface area contributed by atoms with Crippen LogP contribution in [0, 0.1) is 0 Å². The Balaban J connectivity index is 1.67. The molecule has 0 saturated carbocycles. The van der Waals surface area contributed by atoms with Gasteiger partial charge in [0.2, 0.25) is 0 Å². The van der Waals surface area contributed by atoms with Crippen molar-refractivity contribution in [3.05, 3.63) is 35.5 Å². The maximum atomic E-state index is 11.0. The number of rotatable bonds is 2. The number of aromatic carboxylic acids is 1. The van der Waals surface area contributed by atoms with Crippen molar-refractivity contribution < 1.29 is 9.90 Å². The maximum Gasteiger partial charge on any atom is 0.353 e. The van der Waals surface area contributed by atoms with Crippen LogP contribution in [-0.4, -0.2) is 39.3 Å². The van der Waals surface area contributed by atoms with Gasteiger partial charge in [0.05, 0.1) is 5.69 Å². The van der Waals surface area contributed by atoms with Crippen molar-refractivity contribution in [1.82, 2.24) is 15.2 Å². The monoisotopic (exact) mass is 308 g/mol. The summed E-state index contributed by atoms with van der Waals surface area (Å²) in [6.07, 6.45) is 2.44. The number of carbonyl (C=O) groups is 1. The zero-order valence-electron chi connectivity index (χ0n) is 12.5. The van der Waals surface area contributed by atoms with E-state index >= 15 is 0 Å². The molecule has 0 spiro atoms. The molecule has 0 radical (unpaired) electrons. The minimum absolute atomic E-state index is 0.112. The van der Waals surface area contributed by atoms with Gasteiger partial charge in [-0.25, -0.2) is 4.79 Å². The molecule has 2 aromatic heterocycles. The molecule has 6 heteroatoms. The fraction of sp³-hybridized carbons (Fsp3) is 0.294. The molecule has 3 aliphatic heterocycles. The number of carboxylic acids is 1. The molecule has 2 bridgehead atoms. The van der Waals surface area contributed by atoms with Crippen LogP contribution in [-0.2, 0) is 0 Å². The molecule has 0 amide bonds. The smallest absolute Gasteiger partial charge is 0.353 e. The lowest BCUT2D eigenvalue weighted by Gasteiger charge is -2.40. The van der Waals surface area contributed by atoms with Crippen molar-refractivity contribution in [2.45, 2.75) is 18.8 Å². The molecule has 3 aromatic rings. The Kier molecular flexibility index (Phi) is 2.43. The minimum atomic E-state index is -0.992. The van der Waals surface area contributed by atoms with Crippen molar-refractivity contribution >= 4 is 22.7 Å². The van der Waals surface area contributed by atoms with Gasteiger partial charge in [-0.05, 0) is 37.0 Å². The number of piperidine rings is 1. The van der Waals surface area contributed by atoms with E-state index in [0.29, 0.717) is 11.6 Å². The van der Waals surface area contributed by atoms with Gasteiger partial charge >= 0.3 is 5.97 Å². The van der Waals surface area contributed by atoms with Crippen molar-refractivity contribution in [2.75, 3.05) is 18.0 Å². The first-order valence-electron chi connectivity index (χ1n) is 7.90. The first kappa shape index (κ1) is 12.8. The number of aromatic nitrogens is 3. The second-order valence-corrected chi connectivity index (χ2v) is 6.38. The highest BCUT2D eigenvalue weighted by Gasteiger charge is 2.33. The van der Waals surface area contributed by atoms with Crippen LogP contribution in [0.3, 0.4) is 0 Å². The van der Waals surface area contributed by atoms with Crippen LogP contribution in [0.1, 0.15) is 34.8 Å². The number of hydrogen-bond donors (Lipinski definition) is 3. The Bertz CT molecular complexity index is 931. The average molecular weight is 308 g/mol. The number of nitrogens with one attached hydrogen (secondary N) is 2. The fourth-order valence-electron chi connectivity index (χ4n) is 3.99. The molecule has 0 unspecified atom stereocenters. The van der Waals surface area contributed by atoms with Crippen molar-refractivity contribution in [3.63, 3.8) is 0 Å². The molecule has 0 aliphatic carbocycles. The van der Waals surface area contributed by atoms with Crippen LogP contribution in [0.25, 0.3) is 22.2 Å². The molecule has 5 heterocycles. The van der Waals surface area contributed by atoms with E-state index in [1.54, 1.807) is 6.07 Å². The summed E-state index contributed by atoms with van der Waals surface area (Å²) in [5, 5.41) is 17.0. The zero-order chi connectivity index (χ0) is 15.6. The number of aromatic amines is 2. The predicted molar refractivity (Wildman–Crippen MR) is 87.0 cm³/mol. The highest BCUT2D eigenvalue weighted by atomic mass is 16.4. The zero-order valence-corrected chi connectivity index (χ0v) is 12.5. The second kappa shape index (κ2) is 4.38. The van der Waals surface area contributed by atoms with Crippen LogP contribution in [0.5, 0.6) is 0 Å². The molecular weight excluding hydrogens is 292 g/mol. The van der Waals surface area contributed by atoms with Crippen LogP contribution in [0.15, 0.2) is 24.3 Å². The Morgan fingerprint density at radius 2 is 2.09 bits per heavy atom. The van der Waals surface area contributed by atoms with Gasteiger partial charge in [-0.1, -0.05) is 6.07 Å². The molecule has 1 fully saturated rings. The number of hydrogen-bond acceptors (Lipinski definition) is 3. The van der Waals surface area contributed by atoms with Crippen molar-refractivity contribution in [3.8, 4) is 11.3 Å². The lowest BCUT2D eigenvalue weighted by Crippen LogP contribution is -2.38. The van der Waals surface area contributed by atoms with E-state index in [2.05, 4.69) is 32.2 Å². The van der Waals surface area contributed by atoms with E-state index in [4.69, 9.17) is 5.11 Å². The molecule has 3 aliphatic rings. The third-order valence-electron chi connectivity index (χ3n) is 5.14. The van der Waals surface area contributed by atoms with Crippen LogP contribution in [0.2, 0.25) is 0 Å². The Morgan fingerprint density at radius 1 is 1.26 bits per heavy atom. The predicted octanol–water partition coefficient (Wildman–Crippen LogP) is 2.95. The fourth-order valence-corrected chi connectivity index (χ4v) is 3.99. The van der Waals surface area contributed by atoms with E-state index in [-0.39, 0.29) is 5.69 Å². The molecule has 3 N–H and O–H groups in total. The molecule has 1 saturated heterocycles. The van der Waals surface area contributed by atoms with Gasteiger partial charge in [0.1, 0.15) is 11.5 Å². The summed E-state index contributed by atoms with van der Waals surface area (Å²) in [4.78, 5) is 17.0. The molecule has 23 heavy (non-hydrogen) atoms. The van der Waals surface area contributed by atoms with Gasteiger partial charge in [-0.2, -0.15) is 5.10 Å². The van der Waals surface area contributed by atoms with E-state index in [0.717, 1.165) is 24.2 Å². The Hall–Kier alpha value is -2.76. The molecule has 6 rings (SSSR count). The van der Waals surface area contributed by atoms with Crippen LogP contribution < -0.4 is 4.90 Å². The minimum Gasteiger partial charge on any atom is -0.477 e. The molecule has 116 valence electrons. The SMILES string of the molecule is O=C(O)c1cc(-c2ccc3[nH]c4c(c3c2)C2CCN4CC2)n[nH]1. The van der Waals surface area contributed by atoms with Gasteiger partial charge in [0.15, 0.2) is 0 Å². The van der Waals surface area contributed by atoms with Crippen LogP contribution >= 0.6 is 0 Å². The van der Waals surface area contributed by atoms with Crippen LogP contribution in [0.4, 0.5) is 5.82 Å². The number of anilines is 1. The molecule has 6 nitrogen and oxygen atoms in total. The largest absolute Gasteiger partial charge is 0.477 e. The van der Waals surface area contributed by atoms with Gasteiger partial charge in [0.25, 0.3) is 0 Å². The summed E-state index contributed by atoms with van der Waals surface area (Å²) in [5.41, 5.74) is 4.29. The molecule has 0 atom stereocenters. The number of nitrogens with zero attached hydrogens (tertiary/aromatic N) is 2. The summed E-state index contributed by atoms with van der Waals surface area (Å²) < 4.78 is 0. The van der Waals surface area contributed by atoms with Gasteiger partial charge in [0, 0.05) is 35.1 Å². The Morgan fingerprint density at radius 3 is 2.83 bits per heavy atom. The van der Waals surface area contributed by atoms with E-state index in [1.807, 2.05) is 6.07 Å².